The Morgan fingerprint density at radius 2 is 1.28 bits per heavy atom. The topological polar surface area (TPSA) is 27.7 Å². The first kappa shape index (κ1) is 40.1. The van der Waals surface area contributed by atoms with Crippen LogP contribution in [0.2, 0.25) is 16.6 Å². The first-order chi connectivity index (χ1) is 21.7. The van der Waals surface area contributed by atoms with Crippen molar-refractivity contribution in [1.82, 2.24) is 0 Å². The number of allylic oxidation sites excluding steroid dienone is 8. The van der Waals surface area contributed by atoms with Gasteiger partial charge in [0.15, 0.2) is 6.29 Å². The summed E-state index contributed by atoms with van der Waals surface area (Å²) in [6, 6.07) is 2.30. The first-order valence-corrected chi connectivity index (χ1v) is 20.5. The van der Waals surface area contributed by atoms with Crippen molar-refractivity contribution in [2.75, 3.05) is 6.61 Å². The number of benzene rings is 1. The number of hydrogen-bond donors (Lipinski definition) is 0. The fourth-order valence-corrected chi connectivity index (χ4v) is 12.4. The van der Waals surface area contributed by atoms with E-state index < -0.39 is 8.32 Å². The van der Waals surface area contributed by atoms with Crippen molar-refractivity contribution >= 4 is 8.32 Å². The third-order valence-electron chi connectivity index (χ3n) is 10.1. The average Bonchev–Trinajstić information content (AvgIpc) is 2.98. The molecule has 46 heavy (non-hydrogen) atoms. The van der Waals surface area contributed by atoms with Gasteiger partial charge in [0.05, 0.1) is 6.61 Å². The van der Waals surface area contributed by atoms with E-state index in [0.717, 1.165) is 75.9 Å². The van der Waals surface area contributed by atoms with E-state index in [2.05, 4.69) is 120 Å². The van der Waals surface area contributed by atoms with Crippen molar-refractivity contribution in [2.24, 2.45) is 0 Å². The minimum atomic E-state index is -2.10. The fraction of sp³-hybridized carbons (Fsp3) is 0.667. The molecule has 0 radical (unpaired) electrons. The first-order valence-electron chi connectivity index (χ1n) is 18.4. The fourth-order valence-electron chi connectivity index (χ4n) is 7.10. The summed E-state index contributed by atoms with van der Waals surface area (Å²) >= 11 is 0. The highest BCUT2D eigenvalue weighted by molar-refractivity contribution is 6.78. The average molecular weight is 651 g/mol. The molecule has 1 saturated heterocycles. The molecule has 0 saturated carbocycles. The van der Waals surface area contributed by atoms with Crippen molar-refractivity contribution in [3.8, 4) is 11.5 Å². The molecule has 4 heteroatoms. The Bertz CT molecular complexity index is 1180. The van der Waals surface area contributed by atoms with Gasteiger partial charge >= 0.3 is 0 Å². The molecule has 0 aromatic heterocycles. The van der Waals surface area contributed by atoms with E-state index in [1.165, 1.54) is 45.4 Å². The summed E-state index contributed by atoms with van der Waals surface area (Å²) in [4.78, 5) is 0. The molecule has 260 valence electrons. The Balaban J connectivity index is 2.22. The van der Waals surface area contributed by atoms with Crippen LogP contribution < -0.4 is 9.16 Å². The highest BCUT2D eigenvalue weighted by atomic mass is 28.4. The Morgan fingerprint density at radius 1 is 0.761 bits per heavy atom. The summed E-state index contributed by atoms with van der Waals surface area (Å²) in [5.74, 6) is 2.05. The van der Waals surface area contributed by atoms with Gasteiger partial charge in [-0.25, -0.2) is 0 Å². The van der Waals surface area contributed by atoms with Crippen LogP contribution in [-0.4, -0.2) is 21.2 Å². The summed E-state index contributed by atoms with van der Waals surface area (Å²) in [5.41, 5.74) is 11.0. The summed E-state index contributed by atoms with van der Waals surface area (Å²) in [6.45, 7) is 30.6. The minimum Gasteiger partial charge on any atom is -0.542 e. The molecule has 0 spiro atoms. The maximum atomic E-state index is 7.27. The summed E-state index contributed by atoms with van der Waals surface area (Å²) in [5, 5.41) is 0. The van der Waals surface area contributed by atoms with Crippen molar-refractivity contribution in [3.05, 3.63) is 69.4 Å². The van der Waals surface area contributed by atoms with E-state index in [1.807, 2.05) is 0 Å². The van der Waals surface area contributed by atoms with E-state index in [0.29, 0.717) is 16.6 Å². The van der Waals surface area contributed by atoms with Crippen molar-refractivity contribution in [3.63, 3.8) is 0 Å². The molecule has 2 rings (SSSR count). The van der Waals surface area contributed by atoms with Crippen LogP contribution in [0.1, 0.15) is 151 Å². The van der Waals surface area contributed by atoms with Crippen LogP contribution in [0, 0.1) is 13.8 Å². The van der Waals surface area contributed by atoms with Gasteiger partial charge < -0.3 is 13.9 Å². The summed E-state index contributed by atoms with van der Waals surface area (Å²) < 4.78 is 19.9. The SMILES string of the molecule is CC(C)=CCC/C(C)=C/CC/C(C)=C/CC/C(C)=C/Cc1cc(O[Si](C(C)C)(C(C)C)C(C)C)c(C)c(C)c1OC1CCCCO1. The van der Waals surface area contributed by atoms with Gasteiger partial charge in [-0.05, 0) is 140 Å². The van der Waals surface area contributed by atoms with Gasteiger partial charge in [-0.2, -0.15) is 0 Å². The van der Waals surface area contributed by atoms with E-state index in [9.17, 15) is 0 Å². The maximum Gasteiger partial charge on any atom is 0.258 e. The normalized spacial score (nSPS) is 16.9. The van der Waals surface area contributed by atoms with Gasteiger partial charge in [-0.3, -0.25) is 0 Å². The lowest BCUT2D eigenvalue weighted by molar-refractivity contribution is -0.106. The molecule has 1 fully saturated rings. The molecule has 0 amide bonds. The molecule has 3 nitrogen and oxygen atoms in total. The van der Waals surface area contributed by atoms with Crippen LogP contribution in [0.15, 0.2) is 52.7 Å². The Kier molecular flexibility index (Phi) is 17.2. The predicted molar refractivity (Wildman–Crippen MR) is 204 cm³/mol. The maximum absolute atomic E-state index is 7.27. The Hall–Kier alpha value is -2.04. The Labute approximate surface area is 286 Å². The smallest absolute Gasteiger partial charge is 0.258 e. The molecule has 1 aromatic carbocycles. The van der Waals surface area contributed by atoms with Crippen LogP contribution in [-0.2, 0) is 11.2 Å². The van der Waals surface area contributed by atoms with Crippen LogP contribution in [0.3, 0.4) is 0 Å². The zero-order chi connectivity index (χ0) is 34.4. The molecule has 1 aliphatic heterocycles. The number of hydrogen-bond acceptors (Lipinski definition) is 3. The minimum absolute atomic E-state index is 0.165. The second-order valence-corrected chi connectivity index (χ2v) is 20.6. The van der Waals surface area contributed by atoms with Crippen LogP contribution >= 0.6 is 0 Å². The number of ether oxygens (including phenoxy) is 2. The zero-order valence-electron chi connectivity index (χ0n) is 32.2. The molecule has 0 N–H and O–H groups in total. The molecule has 1 aliphatic rings. The lowest BCUT2D eigenvalue weighted by Crippen LogP contribution is -2.50. The molecule has 1 aromatic rings. The van der Waals surface area contributed by atoms with Crippen molar-refractivity contribution in [2.45, 2.75) is 177 Å². The van der Waals surface area contributed by atoms with Crippen LogP contribution in [0.5, 0.6) is 11.5 Å². The zero-order valence-corrected chi connectivity index (χ0v) is 33.2. The largest absolute Gasteiger partial charge is 0.542 e. The molecule has 0 aliphatic carbocycles. The van der Waals surface area contributed by atoms with Crippen molar-refractivity contribution in [1.29, 1.82) is 0 Å². The predicted octanol–water partition coefficient (Wildman–Crippen LogP) is 13.5. The Morgan fingerprint density at radius 3 is 1.76 bits per heavy atom. The van der Waals surface area contributed by atoms with E-state index in [4.69, 9.17) is 13.9 Å². The summed E-state index contributed by atoms with van der Waals surface area (Å²) in [7, 11) is -2.10. The standard InChI is InChI=1S/C42H70O3Si/c1-30(2)19-16-20-34(9)21-17-22-35(10)23-18-24-36(11)26-27-39-29-40(45-46(31(3)4,32(5)6)33(7)8)37(12)38(13)42(39)44-41-25-14-15-28-43-41/h19,21,23,26,29,31-33,41H,14-18,20,22,24-25,27-28H2,1-13H3/b34-21+,35-23+,36-26+. The number of rotatable bonds is 18. The third-order valence-corrected chi connectivity index (χ3v) is 16.1. The third kappa shape index (κ3) is 12.2. The van der Waals surface area contributed by atoms with Gasteiger partial charge in [0.25, 0.3) is 8.32 Å². The summed E-state index contributed by atoms with van der Waals surface area (Å²) in [6.07, 6.45) is 20.3. The lowest BCUT2D eigenvalue weighted by atomic mass is 9.99. The van der Waals surface area contributed by atoms with Gasteiger partial charge in [0.2, 0.25) is 0 Å². The van der Waals surface area contributed by atoms with Crippen molar-refractivity contribution < 1.29 is 13.9 Å². The van der Waals surface area contributed by atoms with E-state index >= 15 is 0 Å². The molecular formula is C42H70O3Si. The highest BCUT2D eigenvalue weighted by Gasteiger charge is 2.47. The van der Waals surface area contributed by atoms with Gasteiger partial charge in [-0.15, -0.1) is 0 Å². The van der Waals surface area contributed by atoms with E-state index in [1.54, 1.807) is 0 Å². The van der Waals surface area contributed by atoms with Gasteiger partial charge in [0, 0.05) is 12.0 Å². The molecule has 1 unspecified atom stereocenters. The lowest BCUT2D eigenvalue weighted by Gasteiger charge is -2.43. The second-order valence-electron chi connectivity index (χ2n) is 15.2. The van der Waals surface area contributed by atoms with Crippen LogP contribution in [0.4, 0.5) is 0 Å². The molecule has 1 heterocycles. The molecule has 1 atom stereocenters. The van der Waals surface area contributed by atoms with Gasteiger partial charge in [0.1, 0.15) is 11.5 Å². The van der Waals surface area contributed by atoms with Crippen LogP contribution in [0.25, 0.3) is 0 Å². The second kappa shape index (κ2) is 19.7. The molecular weight excluding hydrogens is 581 g/mol. The highest BCUT2D eigenvalue weighted by Crippen LogP contribution is 2.45. The quantitative estimate of drug-likeness (QED) is 0.117. The van der Waals surface area contributed by atoms with Gasteiger partial charge in [-0.1, -0.05) is 88.1 Å². The monoisotopic (exact) mass is 651 g/mol. The van der Waals surface area contributed by atoms with E-state index in [-0.39, 0.29) is 6.29 Å². The molecule has 0 bridgehead atoms.